The number of aliphatic hydroxyl groups excluding tert-OH is 3. The van der Waals surface area contributed by atoms with Crippen LogP contribution in [0.25, 0.3) is 0 Å². The van der Waals surface area contributed by atoms with Gasteiger partial charge >= 0.3 is 0 Å². The summed E-state index contributed by atoms with van der Waals surface area (Å²) in [6, 6.07) is 2.48. The van der Waals surface area contributed by atoms with Gasteiger partial charge in [-0.15, -0.1) is 0 Å². The molecular formula is C24H34N2O9. The minimum absolute atomic E-state index is 0.0364. The first-order chi connectivity index (χ1) is 16.9. The van der Waals surface area contributed by atoms with Gasteiger partial charge in [-0.05, 0) is 23.8 Å². The molecule has 0 spiro atoms. The van der Waals surface area contributed by atoms with E-state index >= 15 is 0 Å². The maximum Gasteiger partial charge on any atom is 0.247 e. The fourth-order valence-corrected chi connectivity index (χ4v) is 4.58. The van der Waals surface area contributed by atoms with Gasteiger partial charge < -0.3 is 44.5 Å². The Labute approximate surface area is 204 Å². The number of amides is 2. The zero-order chi connectivity index (χ0) is 25.5. The molecule has 3 rings (SSSR count). The smallest absolute Gasteiger partial charge is 0.247 e. The van der Waals surface area contributed by atoms with Crippen molar-refractivity contribution in [1.29, 1.82) is 0 Å². The van der Waals surface area contributed by atoms with E-state index in [2.05, 4.69) is 5.32 Å². The molecule has 2 aliphatic rings. The van der Waals surface area contributed by atoms with E-state index in [0.29, 0.717) is 22.6 Å². The number of carbonyl (C=O) groups is 2. The first-order valence-electron chi connectivity index (χ1n) is 11.5. The quantitative estimate of drug-likeness (QED) is 0.297. The fraction of sp³-hybridized carbons (Fsp3) is 0.583. The van der Waals surface area contributed by atoms with Crippen LogP contribution in [0.4, 0.5) is 0 Å². The van der Waals surface area contributed by atoms with E-state index in [1.54, 1.807) is 18.2 Å². The summed E-state index contributed by atoms with van der Waals surface area (Å²) in [6.45, 7) is 0.156. The van der Waals surface area contributed by atoms with E-state index in [0.717, 1.165) is 0 Å². The van der Waals surface area contributed by atoms with Crippen molar-refractivity contribution >= 4 is 11.8 Å². The van der Waals surface area contributed by atoms with E-state index in [9.17, 15) is 24.9 Å². The number of rotatable bonds is 12. The fourth-order valence-electron chi connectivity index (χ4n) is 4.58. The molecule has 0 bridgehead atoms. The molecule has 0 radical (unpaired) electrons. The summed E-state index contributed by atoms with van der Waals surface area (Å²) < 4.78 is 21.8. The Morgan fingerprint density at radius 3 is 2.51 bits per heavy atom. The first-order valence-corrected chi connectivity index (χ1v) is 11.5. The molecule has 1 aromatic rings. The van der Waals surface area contributed by atoms with E-state index in [4.69, 9.17) is 18.9 Å². The Bertz CT molecular complexity index is 936. The van der Waals surface area contributed by atoms with Gasteiger partial charge in [0, 0.05) is 38.4 Å². The number of aliphatic hydroxyl groups is 3. The van der Waals surface area contributed by atoms with Gasteiger partial charge in [-0.3, -0.25) is 9.59 Å². The summed E-state index contributed by atoms with van der Waals surface area (Å²) in [7, 11) is 4.47. The van der Waals surface area contributed by atoms with Crippen molar-refractivity contribution < 1.29 is 43.9 Å². The van der Waals surface area contributed by atoms with Gasteiger partial charge in [-0.1, -0.05) is 0 Å². The summed E-state index contributed by atoms with van der Waals surface area (Å²) in [5, 5.41) is 33.0. The Morgan fingerprint density at radius 2 is 1.89 bits per heavy atom. The molecule has 1 aliphatic heterocycles. The van der Waals surface area contributed by atoms with Gasteiger partial charge in [-0.25, -0.2) is 0 Å². The second-order valence-electron chi connectivity index (χ2n) is 8.34. The minimum Gasteiger partial charge on any atom is -0.493 e. The van der Waals surface area contributed by atoms with Crippen molar-refractivity contribution in [1.82, 2.24) is 10.2 Å². The van der Waals surface area contributed by atoms with Crippen LogP contribution in [0.5, 0.6) is 11.5 Å². The lowest BCUT2D eigenvalue weighted by atomic mass is 9.77. The van der Waals surface area contributed by atoms with Gasteiger partial charge in [-0.2, -0.15) is 0 Å². The van der Waals surface area contributed by atoms with Crippen molar-refractivity contribution in [3.63, 3.8) is 0 Å². The molecule has 1 aliphatic carbocycles. The van der Waals surface area contributed by atoms with E-state index in [1.165, 1.54) is 26.2 Å². The average molecular weight is 495 g/mol. The van der Waals surface area contributed by atoms with Crippen molar-refractivity contribution in [3.8, 4) is 11.5 Å². The maximum atomic E-state index is 13.2. The largest absolute Gasteiger partial charge is 0.493 e. The number of ether oxygens (including phenoxy) is 4. The molecule has 0 saturated carbocycles. The number of nitrogens with zero attached hydrogens (tertiary/aromatic N) is 1. The molecule has 0 unspecified atom stereocenters. The highest BCUT2D eigenvalue weighted by Crippen LogP contribution is 2.51. The van der Waals surface area contributed by atoms with Crippen LogP contribution in [-0.4, -0.2) is 105 Å². The molecule has 0 saturated heterocycles. The van der Waals surface area contributed by atoms with Crippen LogP contribution >= 0.6 is 0 Å². The number of benzene rings is 1. The number of hydrogen-bond acceptors (Lipinski definition) is 9. The van der Waals surface area contributed by atoms with Crippen LogP contribution in [0.1, 0.15) is 23.5 Å². The summed E-state index contributed by atoms with van der Waals surface area (Å²) in [6.07, 6.45) is -0.396. The third-order valence-corrected chi connectivity index (χ3v) is 6.23. The zero-order valence-electron chi connectivity index (χ0n) is 20.2. The number of fused-ring (bicyclic) bond motifs is 3. The number of nitrogens with one attached hydrogen (secondary N) is 1. The predicted molar refractivity (Wildman–Crippen MR) is 124 cm³/mol. The molecular weight excluding hydrogens is 460 g/mol. The lowest BCUT2D eigenvalue weighted by Gasteiger charge is -2.40. The molecule has 194 valence electrons. The van der Waals surface area contributed by atoms with Crippen LogP contribution in [-0.2, 0) is 25.7 Å². The van der Waals surface area contributed by atoms with Crippen LogP contribution in [0.15, 0.2) is 23.8 Å². The molecule has 2 amide bonds. The number of hydrogen-bond donors (Lipinski definition) is 4. The van der Waals surface area contributed by atoms with Gasteiger partial charge in [0.1, 0.15) is 12.2 Å². The van der Waals surface area contributed by atoms with E-state index in [1.807, 2.05) is 0 Å². The maximum absolute atomic E-state index is 13.2. The Hall–Kier alpha value is -2.70. The molecule has 0 aromatic heterocycles. The Morgan fingerprint density at radius 1 is 1.14 bits per heavy atom. The second-order valence-corrected chi connectivity index (χ2v) is 8.34. The molecule has 11 heteroatoms. The monoisotopic (exact) mass is 494 g/mol. The topological polar surface area (TPSA) is 147 Å². The predicted octanol–water partition coefficient (Wildman–Crippen LogP) is -0.678. The summed E-state index contributed by atoms with van der Waals surface area (Å²) in [5.74, 6) is -0.657. The van der Waals surface area contributed by atoms with E-state index < -0.39 is 30.1 Å². The molecule has 4 atom stereocenters. The standard InChI is InChI=1S/C24H34N2O9/c1-32-8-4-19(29)26(6-9-33-2)17-12-16(24(31)25-5-7-27)20-15-10-14(13-28)11-18(34-3)22(15)35-23(20)21(17)30/h10-12,17,20-21,23,27-28,30H,4-9,13H2,1-3H3,(H,25,31)/t17-,20+,21+,23+/m1/s1. The molecule has 1 aromatic carbocycles. The van der Waals surface area contributed by atoms with Gasteiger partial charge in [0.2, 0.25) is 11.8 Å². The Balaban J connectivity index is 2.09. The third kappa shape index (κ3) is 5.60. The van der Waals surface area contributed by atoms with Crippen LogP contribution in [0, 0.1) is 0 Å². The van der Waals surface area contributed by atoms with Crippen LogP contribution < -0.4 is 14.8 Å². The molecule has 4 N–H and O–H groups in total. The van der Waals surface area contributed by atoms with Crippen molar-refractivity contribution in [3.05, 3.63) is 34.9 Å². The van der Waals surface area contributed by atoms with E-state index in [-0.39, 0.29) is 57.4 Å². The lowest BCUT2D eigenvalue weighted by Crippen LogP contribution is -2.56. The third-order valence-electron chi connectivity index (χ3n) is 6.23. The van der Waals surface area contributed by atoms with Crippen molar-refractivity contribution in [2.45, 2.75) is 37.2 Å². The summed E-state index contributed by atoms with van der Waals surface area (Å²) >= 11 is 0. The molecule has 0 fully saturated rings. The van der Waals surface area contributed by atoms with Crippen LogP contribution in [0.2, 0.25) is 0 Å². The highest BCUT2D eigenvalue weighted by Gasteiger charge is 2.51. The molecule has 35 heavy (non-hydrogen) atoms. The molecule has 11 nitrogen and oxygen atoms in total. The number of carbonyl (C=O) groups excluding carboxylic acids is 2. The van der Waals surface area contributed by atoms with Crippen LogP contribution in [0.3, 0.4) is 0 Å². The Kier molecular flexibility index (Phi) is 9.47. The highest BCUT2D eigenvalue weighted by molar-refractivity contribution is 5.96. The number of methoxy groups -OCH3 is 3. The SMILES string of the molecule is COCCC(=O)N(CCOC)[C@@H]1C=C(C(=O)NCCO)[C@@H]2c3cc(CO)cc(OC)c3O[C@@H]2[C@H]1O. The van der Waals surface area contributed by atoms with Crippen molar-refractivity contribution in [2.75, 3.05) is 54.2 Å². The highest BCUT2D eigenvalue weighted by atomic mass is 16.5. The summed E-state index contributed by atoms with van der Waals surface area (Å²) in [4.78, 5) is 27.7. The normalized spacial score (nSPS) is 22.5. The van der Waals surface area contributed by atoms with Crippen molar-refractivity contribution in [2.24, 2.45) is 0 Å². The molecule has 1 heterocycles. The summed E-state index contributed by atoms with van der Waals surface area (Å²) in [5.41, 5.74) is 1.44. The minimum atomic E-state index is -1.17. The van der Waals surface area contributed by atoms with Gasteiger partial charge in [0.05, 0.1) is 51.9 Å². The van der Waals surface area contributed by atoms with Gasteiger partial charge in [0.15, 0.2) is 11.5 Å². The lowest BCUT2D eigenvalue weighted by molar-refractivity contribution is -0.139. The average Bonchev–Trinajstić information content (AvgIpc) is 3.26. The second kappa shape index (κ2) is 12.3. The first kappa shape index (κ1) is 26.9. The zero-order valence-corrected chi connectivity index (χ0v) is 20.2. The van der Waals surface area contributed by atoms with Gasteiger partial charge in [0.25, 0.3) is 0 Å².